The van der Waals surface area contributed by atoms with Crippen molar-refractivity contribution in [2.24, 2.45) is 0 Å². The van der Waals surface area contributed by atoms with Gasteiger partial charge in [-0.1, -0.05) is 49.1 Å². The molecule has 0 spiro atoms. The molecule has 0 saturated heterocycles. The maximum absolute atomic E-state index is 13.2. The Morgan fingerprint density at radius 3 is 2.51 bits per heavy atom. The smallest absolute Gasteiger partial charge is 0.417 e. The lowest BCUT2D eigenvalue weighted by Crippen LogP contribution is -2.12. The van der Waals surface area contributed by atoms with Gasteiger partial charge in [0.2, 0.25) is 0 Å². The predicted octanol–water partition coefficient (Wildman–Crippen LogP) is 6.88. The van der Waals surface area contributed by atoms with E-state index in [0.717, 1.165) is 54.1 Å². The molecule has 5 aromatic rings. The third-order valence-corrected chi connectivity index (χ3v) is 7.39. The number of aromatic nitrogens is 7. The highest BCUT2D eigenvalue weighted by Gasteiger charge is 2.33. The molecule has 0 unspecified atom stereocenters. The van der Waals surface area contributed by atoms with Crippen molar-refractivity contribution in [2.45, 2.75) is 50.8 Å². The molecular formula is C27H23ClF3N7O. The van der Waals surface area contributed by atoms with Gasteiger partial charge in [0.1, 0.15) is 12.4 Å². The minimum absolute atomic E-state index is 0.0208. The minimum atomic E-state index is -4.53. The summed E-state index contributed by atoms with van der Waals surface area (Å²) in [4.78, 5) is 4.71. The van der Waals surface area contributed by atoms with Crippen LogP contribution >= 0.6 is 11.6 Å². The Hall–Kier alpha value is -3.99. The molecular weight excluding hydrogens is 531 g/mol. The van der Waals surface area contributed by atoms with E-state index in [9.17, 15) is 13.2 Å². The van der Waals surface area contributed by atoms with Crippen LogP contribution in [0.2, 0.25) is 5.02 Å². The fraction of sp³-hybridized carbons (Fsp3) is 0.296. The van der Waals surface area contributed by atoms with Gasteiger partial charge in [0.15, 0.2) is 11.5 Å². The number of aromatic amines is 1. The van der Waals surface area contributed by atoms with E-state index in [-0.39, 0.29) is 11.6 Å². The van der Waals surface area contributed by atoms with E-state index in [1.807, 2.05) is 22.8 Å². The van der Waals surface area contributed by atoms with Gasteiger partial charge in [-0.25, -0.2) is 14.6 Å². The Morgan fingerprint density at radius 2 is 1.79 bits per heavy atom. The molecule has 1 N–H and O–H groups in total. The Labute approximate surface area is 226 Å². The summed E-state index contributed by atoms with van der Waals surface area (Å²) in [7, 11) is 0. The number of benzene rings is 2. The Kier molecular flexibility index (Phi) is 6.68. The molecule has 1 aliphatic carbocycles. The second-order valence-corrected chi connectivity index (χ2v) is 9.97. The topological polar surface area (TPSA) is 93.9 Å². The summed E-state index contributed by atoms with van der Waals surface area (Å²) in [6.07, 6.45) is 4.71. The van der Waals surface area contributed by atoms with E-state index < -0.39 is 11.7 Å². The minimum Gasteiger partial charge on any atom is -0.489 e. The summed E-state index contributed by atoms with van der Waals surface area (Å²) in [5, 5.41) is 18.5. The largest absolute Gasteiger partial charge is 0.489 e. The van der Waals surface area contributed by atoms with Crippen LogP contribution < -0.4 is 4.74 Å². The molecule has 1 aliphatic rings. The third-order valence-electron chi connectivity index (χ3n) is 7.06. The summed E-state index contributed by atoms with van der Waals surface area (Å²) in [5.41, 5.74) is 3.91. The van der Waals surface area contributed by atoms with E-state index in [4.69, 9.17) is 21.3 Å². The zero-order valence-corrected chi connectivity index (χ0v) is 21.4. The number of hydrogen-bond acceptors (Lipinski definition) is 6. The van der Waals surface area contributed by atoms with Crippen molar-refractivity contribution in [3.05, 3.63) is 76.7 Å². The highest BCUT2D eigenvalue weighted by atomic mass is 35.5. The number of nitrogens with one attached hydrogen (secondary N) is 1. The van der Waals surface area contributed by atoms with Crippen LogP contribution in [0, 0.1) is 0 Å². The molecule has 0 bridgehead atoms. The molecule has 2 aromatic carbocycles. The average Bonchev–Trinajstić information content (AvgIpc) is 3.62. The van der Waals surface area contributed by atoms with Crippen molar-refractivity contribution < 1.29 is 17.9 Å². The van der Waals surface area contributed by atoms with E-state index >= 15 is 0 Å². The molecule has 39 heavy (non-hydrogen) atoms. The van der Waals surface area contributed by atoms with Gasteiger partial charge in [-0.05, 0) is 58.7 Å². The Bertz CT molecular complexity index is 1590. The summed E-state index contributed by atoms with van der Waals surface area (Å²) >= 11 is 5.72. The van der Waals surface area contributed by atoms with Crippen LogP contribution in [0.25, 0.3) is 28.2 Å². The van der Waals surface area contributed by atoms with Gasteiger partial charge >= 0.3 is 6.18 Å². The van der Waals surface area contributed by atoms with Crippen molar-refractivity contribution in [3.63, 3.8) is 0 Å². The third kappa shape index (κ3) is 5.06. The summed E-state index contributed by atoms with van der Waals surface area (Å²) in [5.74, 6) is 1.36. The number of nitrogens with zero attached hydrogens (tertiary/aromatic N) is 6. The van der Waals surface area contributed by atoms with Crippen LogP contribution in [0.5, 0.6) is 5.75 Å². The molecule has 6 rings (SSSR count). The van der Waals surface area contributed by atoms with Gasteiger partial charge in [-0.3, -0.25) is 0 Å². The van der Waals surface area contributed by atoms with Gasteiger partial charge < -0.3 is 4.74 Å². The highest BCUT2D eigenvalue weighted by Crippen LogP contribution is 2.39. The number of tetrazole rings is 1. The molecule has 200 valence electrons. The standard InChI is InChI=1S/C27H23ClF3N7O/c28-23-11-6-16(12-22(23)27(29,30)31)15-39-19-9-7-17(8-10-19)20-13-32-26-21(25-34-36-37-35-25)14-33-38(26)24(20)18-4-2-1-3-5-18/h6-14,18H,1-5,15H2,(H,34,35,36,37). The summed E-state index contributed by atoms with van der Waals surface area (Å²) in [6, 6.07) is 11.2. The molecule has 1 fully saturated rings. The van der Waals surface area contributed by atoms with Crippen LogP contribution in [-0.4, -0.2) is 35.2 Å². The lowest BCUT2D eigenvalue weighted by atomic mass is 9.84. The predicted molar refractivity (Wildman–Crippen MR) is 138 cm³/mol. The summed E-state index contributed by atoms with van der Waals surface area (Å²) < 4.78 is 47.2. The zero-order valence-electron chi connectivity index (χ0n) is 20.6. The van der Waals surface area contributed by atoms with Gasteiger partial charge in [-0.2, -0.15) is 18.3 Å². The highest BCUT2D eigenvalue weighted by molar-refractivity contribution is 6.31. The fourth-order valence-corrected chi connectivity index (χ4v) is 5.38. The number of halogens is 4. The maximum atomic E-state index is 13.2. The van der Waals surface area contributed by atoms with Crippen molar-refractivity contribution in [2.75, 3.05) is 0 Å². The maximum Gasteiger partial charge on any atom is 0.417 e. The van der Waals surface area contributed by atoms with Crippen LogP contribution in [0.4, 0.5) is 13.2 Å². The first-order valence-corrected chi connectivity index (χ1v) is 13.0. The first kappa shape index (κ1) is 25.3. The molecule has 0 aliphatic heterocycles. The molecule has 3 heterocycles. The van der Waals surface area contributed by atoms with Crippen molar-refractivity contribution in [3.8, 4) is 28.3 Å². The number of ether oxygens (including phenoxy) is 1. The molecule has 0 amide bonds. The average molecular weight is 554 g/mol. The fourth-order valence-electron chi connectivity index (χ4n) is 5.16. The van der Waals surface area contributed by atoms with E-state index in [1.165, 1.54) is 18.6 Å². The Morgan fingerprint density at radius 1 is 1.00 bits per heavy atom. The number of alkyl halides is 3. The van der Waals surface area contributed by atoms with Crippen molar-refractivity contribution >= 4 is 17.2 Å². The van der Waals surface area contributed by atoms with Crippen LogP contribution in [0.3, 0.4) is 0 Å². The number of fused-ring (bicyclic) bond motifs is 1. The van der Waals surface area contributed by atoms with Gasteiger partial charge in [0.05, 0.1) is 28.0 Å². The van der Waals surface area contributed by atoms with Crippen molar-refractivity contribution in [1.82, 2.24) is 35.2 Å². The molecule has 1 saturated carbocycles. The van der Waals surface area contributed by atoms with Gasteiger partial charge in [-0.15, -0.1) is 5.10 Å². The SMILES string of the molecule is FC(F)(F)c1cc(COc2ccc(-c3cnc4c(-c5nnn[nH]5)cnn4c3C3CCCCC3)cc2)ccc1Cl. The second kappa shape index (κ2) is 10.3. The Balaban J connectivity index is 1.29. The molecule has 12 heteroatoms. The van der Waals surface area contributed by atoms with Crippen LogP contribution in [0.1, 0.15) is 54.8 Å². The molecule has 0 radical (unpaired) electrons. The lowest BCUT2D eigenvalue weighted by Gasteiger charge is -2.25. The van der Waals surface area contributed by atoms with E-state index in [2.05, 4.69) is 25.7 Å². The summed E-state index contributed by atoms with van der Waals surface area (Å²) in [6.45, 7) is -0.0208. The second-order valence-electron chi connectivity index (χ2n) is 9.56. The first-order chi connectivity index (χ1) is 18.9. The van der Waals surface area contributed by atoms with Crippen LogP contribution in [0.15, 0.2) is 54.9 Å². The normalized spacial score (nSPS) is 14.7. The van der Waals surface area contributed by atoms with E-state index in [0.29, 0.717) is 28.7 Å². The quantitative estimate of drug-likeness (QED) is 0.246. The molecule has 8 nitrogen and oxygen atoms in total. The zero-order chi connectivity index (χ0) is 27.0. The molecule has 3 aromatic heterocycles. The van der Waals surface area contributed by atoms with Gasteiger partial charge in [0, 0.05) is 17.7 Å². The first-order valence-electron chi connectivity index (χ1n) is 12.6. The number of rotatable bonds is 6. The molecule has 0 atom stereocenters. The van der Waals surface area contributed by atoms with Crippen LogP contribution in [-0.2, 0) is 12.8 Å². The van der Waals surface area contributed by atoms with Gasteiger partial charge in [0.25, 0.3) is 0 Å². The lowest BCUT2D eigenvalue weighted by molar-refractivity contribution is -0.137. The van der Waals surface area contributed by atoms with Crippen molar-refractivity contribution in [1.29, 1.82) is 0 Å². The van der Waals surface area contributed by atoms with E-state index in [1.54, 1.807) is 18.3 Å². The monoisotopic (exact) mass is 553 g/mol. The number of H-pyrrole nitrogens is 1. The number of hydrogen-bond donors (Lipinski definition) is 1.